The number of benzene rings is 1. The van der Waals surface area contributed by atoms with Gasteiger partial charge in [0.05, 0.1) is 31.8 Å². The summed E-state index contributed by atoms with van der Waals surface area (Å²) in [5.74, 6) is -0.394. The van der Waals surface area contributed by atoms with Gasteiger partial charge in [-0.25, -0.2) is 0 Å². The van der Waals surface area contributed by atoms with Gasteiger partial charge in [0.1, 0.15) is 24.1 Å². The maximum absolute atomic E-state index is 13.2. The lowest BCUT2D eigenvalue weighted by Gasteiger charge is -2.35. The first-order valence-corrected chi connectivity index (χ1v) is 9.64. The third-order valence-electron chi connectivity index (χ3n) is 4.30. The van der Waals surface area contributed by atoms with Crippen molar-refractivity contribution in [1.82, 2.24) is 10.2 Å². The molecule has 9 nitrogen and oxygen atoms in total. The van der Waals surface area contributed by atoms with E-state index in [9.17, 15) is 14.4 Å². The molecule has 0 saturated carbocycles. The fourth-order valence-corrected chi connectivity index (χ4v) is 2.98. The Morgan fingerprint density at radius 2 is 1.93 bits per heavy atom. The minimum Gasteiger partial charge on any atom is -0.494 e. The number of esters is 1. The van der Waals surface area contributed by atoms with Crippen LogP contribution >= 0.6 is 0 Å². The van der Waals surface area contributed by atoms with Gasteiger partial charge in [-0.15, -0.1) is 0 Å². The first-order valence-electron chi connectivity index (χ1n) is 9.64. The van der Waals surface area contributed by atoms with Crippen LogP contribution in [0.25, 0.3) is 0 Å². The van der Waals surface area contributed by atoms with Crippen LogP contribution in [0, 0.1) is 0 Å². The Bertz CT molecular complexity index is 723. The zero-order valence-electron chi connectivity index (χ0n) is 17.1. The number of carbonyl (C=O) groups excluding carboxylic acids is 3. The van der Waals surface area contributed by atoms with Crippen molar-refractivity contribution in [1.29, 1.82) is 0 Å². The summed E-state index contributed by atoms with van der Waals surface area (Å²) in [6.07, 6.45) is -0.234. The second kappa shape index (κ2) is 11.3. The molecule has 1 aromatic carbocycles. The molecule has 9 heteroatoms. The number of ether oxygens (including phenoxy) is 4. The Morgan fingerprint density at radius 1 is 1.17 bits per heavy atom. The maximum Gasteiger partial charge on any atom is 0.308 e. The van der Waals surface area contributed by atoms with Crippen molar-refractivity contribution in [2.75, 3.05) is 46.6 Å². The van der Waals surface area contributed by atoms with Gasteiger partial charge < -0.3 is 29.2 Å². The van der Waals surface area contributed by atoms with Crippen LogP contribution in [0.1, 0.15) is 30.6 Å². The van der Waals surface area contributed by atoms with E-state index in [1.165, 1.54) is 12.0 Å². The molecule has 0 bridgehead atoms. The Morgan fingerprint density at radius 3 is 2.62 bits per heavy atom. The van der Waals surface area contributed by atoms with Gasteiger partial charge in [0.15, 0.2) is 0 Å². The molecule has 29 heavy (non-hydrogen) atoms. The molecule has 1 unspecified atom stereocenters. The van der Waals surface area contributed by atoms with Gasteiger partial charge in [0.2, 0.25) is 5.91 Å². The number of amides is 2. The lowest BCUT2D eigenvalue weighted by molar-refractivity contribution is -0.148. The predicted molar refractivity (Wildman–Crippen MR) is 104 cm³/mol. The van der Waals surface area contributed by atoms with Crippen LogP contribution < -0.4 is 14.8 Å². The van der Waals surface area contributed by atoms with Crippen LogP contribution in [-0.2, 0) is 19.1 Å². The number of hydrogen-bond acceptors (Lipinski definition) is 7. The van der Waals surface area contributed by atoms with Gasteiger partial charge in [-0.1, -0.05) is 0 Å². The van der Waals surface area contributed by atoms with Crippen LogP contribution in [-0.4, -0.2) is 75.4 Å². The maximum atomic E-state index is 13.2. The highest BCUT2D eigenvalue weighted by atomic mass is 16.6. The summed E-state index contributed by atoms with van der Waals surface area (Å²) in [6, 6.07) is 3.99. The summed E-state index contributed by atoms with van der Waals surface area (Å²) in [5, 5.41) is 2.69. The molecule has 1 aliphatic rings. The molecule has 2 amide bonds. The van der Waals surface area contributed by atoms with Gasteiger partial charge in [-0.2, -0.15) is 0 Å². The number of rotatable bonds is 10. The van der Waals surface area contributed by atoms with E-state index in [2.05, 4.69) is 5.32 Å². The molecule has 0 radical (unpaired) electrons. The third-order valence-corrected chi connectivity index (χ3v) is 4.30. The molecular formula is C20H28N2O7. The average molecular weight is 408 g/mol. The van der Waals surface area contributed by atoms with Crippen LogP contribution in [0.5, 0.6) is 11.5 Å². The summed E-state index contributed by atoms with van der Waals surface area (Å²) in [4.78, 5) is 39.1. The summed E-state index contributed by atoms with van der Waals surface area (Å²) in [5.41, 5.74) is 0.308. The van der Waals surface area contributed by atoms with E-state index >= 15 is 0 Å². The Balaban J connectivity index is 2.21. The number of carbonyl (C=O) groups is 3. The molecule has 160 valence electrons. The van der Waals surface area contributed by atoms with Gasteiger partial charge in [-0.05, 0) is 26.0 Å². The van der Waals surface area contributed by atoms with Gasteiger partial charge in [0.25, 0.3) is 5.91 Å². The number of hydrogen-bond donors (Lipinski definition) is 1. The summed E-state index contributed by atoms with van der Waals surface area (Å²) >= 11 is 0. The molecule has 0 spiro atoms. The molecule has 1 saturated heterocycles. The molecule has 0 aromatic heterocycles. The molecule has 0 aliphatic carbocycles. The third kappa shape index (κ3) is 6.08. The molecule has 1 heterocycles. The normalized spacial score (nSPS) is 16.2. The number of methoxy groups -OCH3 is 1. The van der Waals surface area contributed by atoms with Crippen LogP contribution in [0.2, 0.25) is 0 Å². The van der Waals surface area contributed by atoms with Crippen LogP contribution in [0.15, 0.2) is 18.2 Å². The van der Waals surface area contributed by atoms with Crippen molar-refractivity contribution in [3.05, 3.63) is 23.8 Å². The van der Waals surface area contributed by atoms with Crippen molar-refractivity contribution < 1.29 is 33.3 Å². The van der Waals surface area contributed by atoms with Crippen LogP contribution in [0.4, 0.5) is 0 Å². The first-order chi connectivity index (χ1) is 14.0. The number of nitrogens with one attached hydrogen (secondary N) is 1. The minimum atomic E-state index is -0.952. The standard InChI is InChI=1S/C20H28N2O7/c1-4-27-14-6-7-15(17(12-14)28-5-2)20(25)22-9-8-21-19(24)16(22)13-18(23)29-11-10-26-3/h6-7,12,16H,4-5,8-11,13H2,1-3H3,(H,21,24). The SMILES string of the molecule is CCOc1ccc(C(=O)N2CCNC(=O)C2CC(=O)OCCOC)c(OCC)c1. The fourth-order valence-electron chi connectivity index (χ4n) is 2.98. The molecule has 1 aliphatic heterocycles. The van der Waals surface area contributed by atoms with Crippen molar-refractivity contribution in [3.8, 4) is 11.5 Å². The van der Waals surface area contributed by atoms with E-state index in [0.29, 0.717) is 36.8 Å². The monoisotopic (exact) mass is 408 g/mol. The second-order valence-corrected chi connectivity index (χ2v) is 6.25. The molecule has 1 aromatic rings. The zero-order chi connectivity index (χ0) is 21.2. The smallest absolute Gasteiger partial charge is 0.308 e. The molecule has 1 fully saturated rings. The van der Waals surface area contributed by atoms with Gasteiger partial charge in [-0.3, -0.25) is 14.4 Å². The average Bonchev–Trinajstić information content (AvgIpc) is 2.70. The highest BCUT2D eigenvalue weighted by Gasteiger charge is 2.36. The Kier molecular flexibility index (Phi) is 8.72. The second-order valence-electron chi connectivity index (χ2n) is 6.25. The van der Waals surface area contributed by atoms with Crippen LogP contribution in [0.3, 0.4) is 0 Å². The van der Waals surface area contributed by atoms with E-state index in [1.807, 2.05) is 13.8 Å². The van der Waals surface area contributed by atoms with E-state index < -0.39 is 17.9 Å². The first kappa shape index (κ1) is 22.5. The Labute approximate surface area is 170 Å². The fraction of sp³-hybridized carbons (Fsp3) is 0.550. The van der Waals surface area contributed by atoms with Crippen molar-refractivity contribution >= 4 is 17.8 Å². The lowest BCUT2D eigenvalue weighted by atomic mass is 10.1. The van der Waals surface area contributed by atoms with E-state index in [1.54, 1.807) is 18.2 Å². The lowest BCUT2D eigenvalue weighted by Crippen LogP contribution is -2.57. The van der Waals surface area contributed by atoms with Crippen molar-refractivity contribution in [2.24, 2.45) is 0 Å². The summed E-state index contributed by atoms with van der Waals surface area (Å²) in [6.45, 7) is 5.46. The number of piperazine rings is 1. The summed E-state index contributed by atoms with van der Waals surface area (Å²) in [7, 11) is 1.50. The van der Waals surface area contributed by atoms with Gasteiger partial charge >= 0.3 is 5.97 Å². The minimum absolute atomic E-state index is 0.0883. The summed E-state index contributed by atoms with van der Waals surface area (Å²) < 4.78 is 21.0. The topological polar surface area (TPSA) is 103 Å². The van der Waals surface area contributed by atoms with Gasteiger partial charge in [0, 0.05) is 26.3 Å². The Hall–Kier alpha value is -2.81. The molecule has 1 N–H and O–H groups in total. The highest BCUT2D eigenvalue weighted by molar-refractivity contribution is 6.01. The molecule has 2 rings (SSSR count). The van der Waals surface area contributed by atoms with E-state index in [4.69, 9.17) is 18.9 Å². The van der Waals surface area contributed by atoms with E-state index in [-0.39, 0.29) is 32.1 Å². The zero-order valence-corrected chi connectivity index (χ0v) is 17.1. The quantitative estimate of drug-likeness (QED) is 0.455. The van der Waals surface area contributed by atoms with Crippen molar-refractivity contribution in [3.63, 3.8) is 0 Å². The predicted octanol–water partition coefficient (Wildman–Crippen LogP) is 1.00. The van der Waals surface area contributed by atoms with E-state index in [0.717, 1.165) is 0 Å². The highest BCUT2D eigenvalue weighted by Crippen LogP contribution is 2.27. The molecule has 1 atom stereocenters. The number of nitrogens with zero attached hydrogens (tertiary/aromatic N) is 1. The largest absolute Gasteiger partial charge is 0.494 e. The molecular weight excluding hydrogens is 380 g/mol. The van der Waals surface area contributed by atoms with Crippen molar-refractivity contribution in [2.45, 2.75) is 26.3 Å².